The van der Waals surface area contributed by atoms with Crippen molar-refractivity contribution in [3.8, 4) is 0 Å². The fourth-order valence-electron chi connectivity index (χ4n) is 0.0745. The van der Waals surface area contributed by atoms with Gasteiger partial charge in [0, 0.05) is 22.9 Å². The van der Waals surface area contributed by atoms with Crippen LogP contribution in [-0.2, 0) is 0 Å². The van der Waals surface area contributed by atoms with Crippen molar-refractivity contribution in [1.29, 1.82) is 0 Å². The summed E-state index contributed by atoms with van der Waals surface area (Å²) < 4.78 is 2.05. The van der Waals surface area contributed by atoms with Crippen LogP contribution in [0.15, 0.2) is 0 Å². The summed E-state index contributed by atoms with van der Waals surface area (Å²) in [5, 5.41) is 0. The van der Waals surface area contributed by atoms with Crippen molar-refractivity contribution in [2.45, 2.75) is 0 Å². The second-order valence-electron chi connectivity index (χ2n) is 0.578. The number of halogens is 1. The highest BCUT2D eigenvalue weighted by Gasteiger charge is 1.86. The number of rotatable bonds is 2. The molecule has 0 saturated heterocycles. The molecule has 0 unspecified atom stereocenters. The van der Waals surface area contributed by atoms with Gasteiger partial charge in [-0.3, -0.25) is 0 Å². The first-order valence-electron chi connectivity index (χ1n) is 1.35. The highest BCUT2D eigenvalue weighted by atomic mass is 127. The van der Waals surface area contributed by atoms with E-state index in [0.29, 0.717) is 0 Å². The van der Waals surface area contributed by atoms with Crippen molar-refractivity contribution >= 4 is 46.8 Å². The average molecular weight is 235 g/mol. The maximum atomic E-state index is 2.23. The molecule has 1 nitrogen and oxygen atoms in total. The molecule has 0 aliphatic heterocycles. The zero-order chi connectivity index (χ0) is 4.99. The molecule has 0 fully saturated rings. The lowest BCUT2D eigenvalue weighted by atomic mass is 12.0. The van der Waals surface area contributed by atoms with Crippen molar-refractivity contribution in [2.75, 3.05) is 12.5 Å². The summed E-state index contributed by atoms with van der Waals surface area (Å²) in [6.07, 6.45) is 4.09. The van der Waals surface area contributed by atoms with Gasteiger partial charge in [-0.1, -0.05) is 23.9 Å². The smallest absolute Gasteiger partial charge is 0.0442 e. The van der Waals surface area contributed by atoms with Crippen LogP contribution in [0, 0.1) is 0 Å². The summed E-state index contributed by atoms with van der Waals surface area (Å²) in [6, 6.07) is 0. The number of hydrogen-bond acceptors (Lipinski definition) is 3. The molecule has 0 amide bonds. The first-order chi connectivity index (χ1) is 2.81. The monoisotopic (exact) mass is 235 g/mol. The van der Waals surface area contributed by atoms with Crippen molar-refractivity contribution in [2.24, 2.45) is 0 Å². The van der Waals surface area contributed by atoms with Gasteiger partial charge in [-0.25, -0.2) is 0 Å². The van der Waals surface area contributed by atoms with E-state index in [9.17, 15) is 0 Å². The highest BCUT2D eigenvalue weighted by molar-refractivity contribution is 14.1. The minimum absolute atomic E-state index is 1.71. The number of nitrogens with zero attached hydrogens (tertiary/aromatic N) is 1. The van der Waals surface area contributed by atoms with Gasteiger partial charge < -0.3 is 0 Å². The first kappa shape index (κ1) is 7.39. The molecule has 0 heterocycles. The van der Waals surface area contributed by atoms with E-state index < -0.39 is 0 Å². The molecule has 0 aliphatic rings. The Labute approximate surface area is 61.0 Å². The van der Waals surface area contributed by atoms with Gasteiger partial charge in [0.25, 0.3) is 0 Å². The minimum Gasteiger partial charge on any atom is -0.134 e. The molecule has 6 heavy (non-hydrogen) atoms. The van der Waals surface area contributed by atoms with Crippen LogP contribution < -0.4 is 0 Å². The lowest BCUT2D eigenvalue weighted by Crippen LogP contribution is -1.79. The Morgan fingerprint density at radius 3 is 1.67 bits per heavy atom. The van der Waals surface area contributed by atoms with Crippen LogP contribution in [0.25, 0.3) is 0 Å². The van der Waals surface area contributed by atoms with Gasteiger partial charge in [0.15, 0.2) is 0 Å². The van der Waals surface area contributed by atoms with Crippen LogP contribution >= 0.6 is 46.8 Å². The summed E-state index contributed by atoms with van der Waals surface area (Å²) in [5.74, 6) is 0. The Balaban J connectivity index is 2.75. The summed E-state index contributed by atoms with van der Waals surface area (Å²) in [7, 11) is 0. The second kappa shape index (κ2) is 4.55. The van der Waals surface area contributed by atoms with Crippen LogP contribution in [-0.4, -0.2) is 14.4 Å². The Hall–Kier alpha value is 1.39. The molecule has 0 aliphatic carbocycles. The zero-order valence-electron chi connectivity index (χ0n) is 3.64. The molecule has 0 N–H and O–H groups in total. The van der Waals surface area contributed by atoms with Gasteiger partial charge in [-0.15, -0.1) is 1.92 Å². The van der Waals surface area contributed by atoms with Crippen LogP contribution in [0.4, 0.5) is 0 Å². The zero-order valence-corrected chi connectivity index (χ0v) is 7.43. The van der Waals surface area contributed by atoms with Crippen molar-refractivity contribution in [1.82, 2.24) is 1.92 Å². The van der Waals surface area contributed by atoms with E-state index in [1.807, 2.05) is 12.5 Å². The highest BCUT2D eigenvalue weighted by Crippen LogP contribution is 2.20. The molecular weight excluding hydrogens is 229 g/mol. The molecule has 0 radical (unpaired) electrons. The summed E-state index contributed by atoms with van der Waals surface area (Å²) in [5.41, 5.74) is 0. The molecule has 0 rings (SSSR count). The third kappa shape index (κ3) is 3.58. The minimum atomic E-state index is 1.71. The third-order valence-electron chi connectivity index (χ3n) is 0.287. The van der Waals surface area contributed by atoms with Crippen LogP contribution in [0.3, 0.4) is 0 Å². The van der Waals surface area contributed by atoms with Crippen molar-refractivity contribution in [3.63, 3.8) is 0 Å². The van der Waals surface area contributed by atoms with E-state index in [2.05, 4.69) is 24.8 Å². The predicted octanol–water partition coefficient (Wildman–Crippen LogP) is 2.19. The predicted molar refractivity (Wildman–Crippen MR) is 42.9 cm³/mol. The second-order valence-corrected chi connectivity index (χ2v) is 4.54. The van der Waals surface area contributed by atoms with Crippen LogP contribution in [0.2, 0.25) is 0 Å². The Morgan fingerprint density at radius 1 is 1.33 bits per heavy atom. The molecule has 0 aromatic rings. The lowest BCUT2D eigenvalue weighted by Gasteiger charge is -2.00. The molecular formula is C2H6INS2. The SMILES string of the molecule is CSN(I)SC. The fraction of sp³-hybridized carbons (Fsp3) is 1.00. The molecule has 0 spiro atoms. The van der Waals surface area contributed by atoms with E-state index in [0.717, 1.165) is 0 Å². The standard InChI is InChI=1S/C2H6INS2/c1-5-4(3)6-2/h1-2H3. The Bertz CT molecular complexity index is 30.7. The van der Waals surface area contributed by atoms with Crippen molar-refractivity contribution < 1.29 is 0 Å². The topological polar surface area (TPSA) is 3.24 Å². The first-order valence-corrected chi connectivity index (χ1v) is 4.68. The molecule has 4 heteroatoms. The van der Waals surface area contributed by atoms with Gasteiger partial charge in [0.2, 0.25) is 0 Å². The normalized spacial score (nSPS) is 10.0. The molecule has 0 bridgehead atoms. The average Bonchev–Trinajstić information content (AvgIpc) is 1.65. The molecule has 0 aromatic heterocycles. The van der Waals surface area contributed by atoms with Gasteiger partial charge in [0.05, 0.1) is 0 Å². The maximum Gasteiger partial charge on any atom is 0.0442 e. The maximum absolute atomic E-state index is 2.23. The van der Waals surface area contributed by atoms with E-state index in [-0.39, 0.29) is 0 Å². The summed E-state index contributed by atoms with van der Waals surface area (Å²) in [6.45, 7) is 0. The van der Waals surface area contributed by atoms with Gasteiger partial charge in [-0.2, -0.15) is 0 Å². The number of hydrogen-bond donors (Lipinski definition) is 0. The summed E-state index contributed by atoms with van der Waals surface area (Å²) >= 11 is 5.64. The van der Waals surface area contributed by atoms with E-state index in [1.165, 1.54) is 0 Å². The van der Waals surface area contributed by atoms with Gasteiger partial charge in [0.1, 0.15) is 0 Å². The third-order valence-corrected chi connectivity index (χ3v) is 4.12. The largest absolute Gasteiger partial charge is 0.134 e. The fourth-order valence-corrected chi connectivity index (χ4v) is 0.671. The van der Waals surface area contributed by atoms with Crippen LogP contribution in [0.1, 0.15) is 0 Å². The summed E-state index contributed by atoms with van der Waals surface area (Å²) in [4.78, 5) is 0. The quantitative estimate of drug-likeness (QED) is 0.410. The van der Waals surface area contributed by atoms with Crippen LogP contribution in [0.5, 0.6) is 0 Å². The molecule has 0 saturated carbocycles. The van der Waals surface area contributed by atoms with Gasteiger partial charge >= 0.3 is 0 Å². The van der Waals surface area contributed by atoms with E-state index in [1.54, 1.807) is 23.9 Å². The lowest BCUT2D eigenvalue weighted by molar-refractivity contribution is 1.39. The Kier molecular flexibility index (Phi) is 5.60. The molecule has 38 valence electrons. The Morgan fingerprint density at radius 2 is 1.67 bits per heavy atom. The van der Waals surface area contributed by atoms with E-state index >= 15 is 0 Å². The van der Waals surface area contributed by atoms with Crippen molar-refractivity contribution in [3.05, 3.63) is 0 Å². The van der Waals surface area contributed by atoms with Gasteiger partial charge in [-0.05, 0) is 12.5 Å². The molecule has 0 atom stereocenters. The molecule has 0 aromatic carbocycles. The van der Waals surface area contributed by atoms with E-state index in [4.69, 9.17) is 0 Å².